The van der Waals surface area contributed by atoms with Gasteiger partial charge in [0.15, 0.2) is 18.1 Å². The van der Waals surface area contributed by atoms with Crippen LogP contribution in [0.5, 0.6) is 11.5 Å². The van der Waals surface area contributed by atoms with Gasteiger partial charge in [-0.15, -0.1) is 0 Å². The number of ether oxygens (including phenoxy) is 3. The van der Waals surface area contributed by atoms with E-state index in [1.807, 2.05) is 48.5 Å². The number of hydrogen-bond donors (Lipinski definition) is 1. The first-order chi connectivity index (χ1) is 13.6. The highest BCUT2D eigenvalue weighted by Gasteiger charge is 2.07. The van der Waals surface area contributed by atoms with Crippen LogP contribution in [-0.2, 0) is 20.7 Å². The van der Waals surface area contributed by atoms with Crippen LogP contribution in [0, 0.1) is 0 Å². The van der Waals surface area contributed by atoms with Crippen molar-refractivity contribution < 1.29 is 23.8 Å². The third-order valence-electron chi connectivity index (χ3n) is 3.68. The van der Waals surface area contributed by atoms with Crippen molar-refractivity contribution in [3.63, 3.8) is 0 Å². The van der Waals surface area contributed by atoms with Crippen molar-refractivity contribution in [1.29, 1.82) is 0 Å². The summed E-state index contributed by atoms with van der Waals surface area (Å²) in [7, 11) is 3.15. The molecule has 0 saturated heterocycles. The number of esters is 1. The summed E-state index contributed by atoms with van der Waals surface area (Å²) in [6.45, 7) is 0.108. The van der Waals surface area contributed by atoms with Gasteiger partial charge in [-0.3, -0.25) is 4.79 Å². The van der Waals surface area contributed by atoms with Gasteiger partial charge in [0.1, 0.15) is 0 Å². The molecule has 2 aromatic carbocycles. The third kappa shape index (κ3) is 7.36. The van der Waals surface area contributed by atoms with Crippen molar-refractivity contribution >= 4 is 23.6 Å². The summed E-state index contributed by atoms with van der Waals surface area (Å²) in [5, 5.41) is 4.35. The smallest absolute Gasteiger partial charge is 0.331 e. The number of carbonyl (C=O) groups is 2. The molecular weight excluding hydrogens is 378 g/mol. The molecule has 0 heterocycles. The lowest BCUT2D eigenvalue weighted by atomic mass is 10.1. The Kier molecular flexibility index (Phi) is 8.94. The fourth-order valence-electron chi connectivity index (χ4n) is 2.29. The fourth-order valence-corrected chi connectivity index (χ4v) is 2.94. The number of benzene rings is 2. The van der Waals surface area contributed by atoms with Crippen molar-refractivity contribution in [3.05, 3.63) is 65.6 Å². The number of hydrogen-bond acceptors (Lipinski definition) is 6. The largest absolute Gasteiger partial charge is 0.493 e. The molecule has 0 bridgehead atoms. The molecule has 148 valence electrons. The SMILES string of the molecule is COc1ccc(CCNC(=O)COC(=O)/C=C/Sc2ccccc2)cc1OC. The van der Waals surface area contributed by atoms with Gasteiger partial charge in [0, 0.05) is 17.5 Å². The van der Waals surface area contributed by atoms with Crippen LogP contribution in [0.4, 0.5) is 0 Å². The summed E-state index contributed by atoms with van der Waals surface area (Å²) in [6, 6.07) is 15.2. The topological polar surface area (TPSA) is 73.9 Å². The molecule has 1 N–H and O–H groups in total. The Labute approximate surface area is 168 Å². The summed E-state index contributed by atoms with van der Waals surface area (Å²) in [5.41, 5.74) is 0.996. The van der Waals surface area contributed by atoms with E-state index in [-0.39, 0.29) is 12.5 Å². The maximum absolute atomic E-state index is 11.8. The summed E-state index contributed by atoms with van der Waals surface area (Å²) in [6.07, 6.45) is 1.92. The first-order valence-electron chi connectivity index (χ1n) is 8.65. The van der Waals surface area contributed by atoms with Crippen LogP contribution in [0.2, 0.25) is 0 Å². The van der Waals surface area contributed by atoms with E-state index >= 15 is 0 Å². The lowest BCUT2D eigenvalue weighted by molar-refractivity contribution is -0.143. The minimum atomic E-state index is -0.557. The Morgan fingerprint density at radius 1 is 1.04 bits per heavy atom. The second-order valence-electron chi connectivity index (χ2n) is 5.63. The minimum absolute atomic E-state index is 0.314. The molecule has 0 fully saturated rings. The molecule has 1 amide bonds. The molecule has 0 atom stereocenters. The molecular formula is C21H23NO5S. The second kappa shape index (κ2) is 11.7. The van der Waals surface area contributed by atoms with Crippen LogP contribution < -0.4 is 14.8 Å². The van der Waals surface area contributed by atoms with E-state index < -0.39 is 5.97 Å². The molecule has 7 heteroatoms. The molecule has 0 spiro atoms. The quantitative estimate of drug-likeness (QED) is 0.374. The van der Waals surface area contributed by atoms with Crippen LogP contribution in [0.3, 0.4) is 0 Å². The van der Waals surface area contributed by atoms with E-state index in [4.69, 9.17) is 14.2 Å². The fraction of sp³-hybridized carbons (Fsp3) is 0.238. The normalized spacial score (nSPS) is 10.5. The predicted molar refractivity (Wildman–Crippen MR) is 109 cm³/mol. The minimum Gasteiger partial charge on any atom is -0.493 e. The molecule has 28 heavy (non-hydrogen) atoms. The molecule has 0 aliphatic rings. The first kappa shape index (κ1) is 21.4. The molecule has 6 nitrogen and oxygen atoms in total. The number of thioether (sulfide) groups is 1. The van der Waals surface area contributed by atoms with Crippen LogP contribution in [0.15, 0.2) is 64.9 Å². The van der Waals surface area contributed by atoms with Gasteiger partial charge >= 0.3 is 5.97 Å². The van der Waals surface area contributed by atoms with E-state index in [2.05, 4.69) is 5.32 Å². The molecule has 0 aromatic heterocycles. The molecule has 0 saturated carbocycles. The Hall–Kier alpha value is -2.93. The number of methoxy groups -OCH3 is 2. The average Bonchev–Trinajstić information content (AvgIpc) is 2.73. The summed E-state index contributed by atoms with van der Waals surface area (Å²) in [5.74, 6) is 0.387. The highest BCUT2D eigenvalue weighted by molar-refractivity contribution is 8.02. The Balaban J connectivity index is 1.66. The van der Waals surface area contributed by atoms with E-state index in [1.165, 1.54) is 17.8 Å². The molecule has 0 aliphatic heterocycles. The van der Waals surface area contributed by atoms with Gasteiger partial charge in [-0.2, -0.15) is 0 Å². The van der Waals surface area contributed by atoms with Gasteiger partial charge in [-0.25, -0.2) is 4.79 Å². The van der Waals surface area contributed by atoms with Gasteiger partial charge < -0.3 is 19.5 Å². The number of carbonyl (C=O) groups excluding carboxylic acids is 2. The summed E-state index contributed by atoms with van der Waals surface area (Å²) in [4.78, 5) is 24.4. The van der Waals surface area contributed by atoms with Crippen LogP contribution in [0.1, 0.15) is 5.56 Å². The maximum Gasteiger partial charge on any atom is 0.331 e. The third-order valence-corrected chi connectivity index (χ3v) is 4.50. The van der Waals surface area contributed by atoms with Gasteiger partial charge in [-0.05, 0) is 41.7 Å². The zero-order valence-corrected chi connectivity index (χ0v) is 16.7. The lowest BCUT2D eigenvalue weighted by Gasteiger charge is -2.10. The number of rotatable bonds is 10. The van der Waals surface area contributed by atoms with Crippen molar-refractivity contribution in [2.45, 2.75) is 11.3 Å². The first-order valence-corrected chi connectivity index (χ1v) is 9.53. The van der Waals surface area contributed by atoms with Gasteiger partial charge in [0.25, 0.3) is 5.91 Å². The summed E-state index contributed by atoms with van der Waals surface area (Å²) >= 11 is 1.40. The van der Waals surface area contributed by atoms with Gasteiger partial charge in [0.2, 0.25) is 0 Å². The van der Waals surface area contributed by atoms with Crippen molar-refractivity contribution in [3.8, 4) is 11.5 Å². The van der Waals surface area contributed by atoms with Gasteiger partial charge in [-0.1, -0.05) is 36.0 Å². The highest BCUT2D eigenvalue weighted by Crippen LogP contribution is 2.27. The summed E-state index contributed by atoms with van der Waals surface area (Å²) < 4.78 is 15.4. The maximum atomic E-state index is 11.8. The van der Waals surface area contributed by atoms with E-state index in [0.717, 1.165) is 10.5 Å². The van der Waals surface area contributed by atoms with Crippen LogP contribution in [-0.4, -0.2) is 39.2 Å². The van der Waals surface area contributed by atoms with Crippen LogP contribution in [0.25, 0.3) is 0 Å². The second-order valence-corrected chi connectivity index (χ2v) is 6.61. The van der Waals surface area contributed by atoms with Crippen molar-refractivity contribution in [1.82, 2.24) is 5.32 Å². The van der Waals surface area contributed by atoms with Crippen LogP contribution >= 0.6 is 11.8 Å². The number of amides is 1. The Morgan fingerprint density at radius 3 is 2.50 bits per heavy atom. The van der Waals surface area contributed by atoms with E-state index in [0.29, 0.717) is 24.5 Å². The highest BCUT2D eigenvalue weighted by atomic mass is 32.2. The van der Waals surface area contributed by atoms with Crippen molar-refractivity contribution in [2.75, 3.05) is 27.4 Å². The van der Waals surface area contributed by atoms with Gasteiger partial charge in [0.05, 0.1) is 14.2 Å². The zero-order valence-electron chi connectivity index (χ0n) is 15.8. The van der Waals surface area contributed by atoms with E-state index in [9.17, 15) is 9.59 Å². The zero-order chi connectivity index (χ0) is 20.2. The predicted octanol–water partition coefficient (Wildman–Crippen LogP) is 3.21. The molecule has 0 radical (unpaired) electrons. The molecule has 0 aliphatic carbocycles. The molecule has 2 rings (SSSR count). The van der Waals surface area contributed by atoms with E-state index in [1.54, 1.807) is 19.6 Å². The van der Waals surface area contributed by atoms with Crippen molar-refractivity contribution in [2.24, 2.45) is 0 Å². The lowest BCUT2D eigenvalue weighted by Crippen LogP contribution is -2.30. The standard InChI is InChI=1S/C21H23NO5S/c1-25-18-9-8-16(14-19(18)26-2)10-12-22-20(23)15-27-21(24)11-13-28-17-6-4-3-5-7-17/h3-9,11,13-14H,10,12,15H2,1-2H3,(H,22,23)/b13-11+. The average molecular weight is 401 g/mol. The Morgan fingerprint density at radius 2 is 1.79 bits per heavy atom. The molecule has 2 aromatic rings. The number of nitrogens with one attached hydrogen (secondary N) is 1. The Bertz CT molecular complexity index is 808. The monoisotopic (exact) mass is 401 g/mol. The molecule has 0 unspecified atom stereocenters.